The third-order valence-electron chi connectivity index (χ3n) is 4.00. The van der Waals surface area contributed by atoms with E-state index in [2.05, 4.69) is 41.3 Å². The molecule has 0 radical (unpaired) electrons. The van der Waals surface area contributed by atoms with Crippen LogP contribution in [0.4, 0.5) is 11.4 Å². The highest BCUT2D eigenvalue weighted by atomic mass is 35.5. The Labute approximate surface area is 154 Å². The van der Waals surface area contributed by atoms with Crippen LogP contribution in [0.3, 0.4) is 0 Å². The molecule has 2 aromatic carbocycles. The van der Waals surface area contributed by atoms with Crippen LogP contribution in [0.2, 0.25) is 0 Å². The Morgan fingerprint density at radius 1 is 1.08 bits per heavy atom. The molecule has 0 aliphatic carbocycles. The molecule has 4 heteroatoms. The summed E-state index contributed by atoms with van der Waals surface area (Å²) in [6.45, 7) is 3.68. The van der Waals surface area contributed by atoms with Crippen molar-refractivity contribution < 1.29 is 0 Å². The van der Waals surface area contributed by atoms with Crippen LogP contribution in [0, 0.1) is 6.92 Å². The van der Waals surface area contributed by atoms with Gasteiger partial charge in [-0.2, -0.15) is 0 Å². The monoisotopic (exact) mass is 351 g/mol. The van der Waals surface area contributed by atoms with E-state index in [9.17, 15) is 0 Å². The molecule has 25 heavy (non-hydrogen) atoms. The van der Waals surface area contributed by atoms with Gasteiger partial charge in [0.2, 0.25) is 0 Å². The topological polar surface area (TPSA) is 27.6 Å². The molecule has 3 rings (SSSR count). The summed E-state index contributed by atoms with van der Waals surface area (Å²) in [5, 5.41) is 4.12. The van der Waals surface area contributed by atoms with E-state index in [1.54, 1.807) is 0 Å². The average molecular weight is 352 g/mol. The van der Waals surface area contributed by atoms with Crippen LogP contribution in [-0.2, 0) is 0 Å². The maximum Gasteiger partial charge on any atom is 0.0629 e. The number of benzene rings is 2. The van der Waals surface area contributed by atoms with Gasteiger partial charge in [0.25, 0.3) is 0 Å². The fraction of sp³-hybridized carbons (Fsp3) is 0.190. The zero-order valence-corrected chi connectivity index (χ0v) is 15.3. The third kappa shape index (κ3) is 4.81. The predicted molar refractivity (Wildman–Crippen MR) is 108 cm³/mol. The van der Waals surface area contributed by atoms with Gasteiger partial charge in [0.15, 0.2) is 0 Å². The van der Waals surface area contributed by atoms with Crippen molar-refractivity contribution in [1.82, 2.24) is 4.90 Å². The lowest BCUT2D eigenvalue weighted by atomic mass is 10.1. The van der Waals surface area contributed by atoms with Crippen LogP contribution in [-0.4, -0.2) is 31.3 Å². The van der Waals surface area contributed by atoms with Crippen molar-refractivity contribution in [3.63, 3.8) is 0 Å². The summed E-state index contributed by atoms with van der Waals surface area (Å²) in [5.74, 6) is 0. The van der Waals surface area contributed by atoms with E-state index in [-0.39, 0.29) is 0 Å². The molecule has 0 bridgehead atoms. The Bertz CT molecular complexity index is 822. The van der Waals surface area contributed by atoms with Gasteiger partial charge in [-0.3, -0.25) is 9.89 Å². The second-order valence-electron chi connectivity index (χ2n) is 6.29. The largest absolute Gasteiger partial charge is 0.361 e. The molecule has 0 fully saturated rings. The van der Waals surface area contributed by atoms with Gasteiger partial charge in [-0.05, 0) is 43.8 Å². The van der Waals surface area contributed by atoms with Gasteiger partial charge in [0.05, 0.1) is 10.7 Å². The molecule has 0 saturated carbocycles. The molecule has 0 amide bonds. The lowest BCUT2D eigenvalue weighted by molar-refractivity contribution is 0.391. The smallest absolute Gasteiger partial charge is 0.0629 e. The molecule has 0 aromatic heterocycles. The molecule has 2 aromatic rings. The summed E-state index contributed by atoms with van der Waals surface area (Å²) in [7, 11) is 2.08. The number of nitrogens with zero attached hydrogens (tertiary/aromatic N) is 2. The van der Waals surface area contributed by atoms with Gasteiger partial charge in [-0.25, -0.2) is 0 Å². The van der Waals surface area contributed by atoms with E-state index < -0.39 is 0 Å². The summed E-state index contributed by atoms with van der Waals surface area (Å²) in [6, 6.07) is 18.2. The van der Waals surface area contributed by atoms with Gasteiger partial charge in [0, 0.05) is 42.3 Å². The first kappa shape index (κ1) is 17.5. The summed E-state index contributed by atoms with van der Waals surface area (Å²) >= 11 is 6.63. The highest BCUT2D eigenvalue weighted by Crippen LogP contribution is 2.26. The Morgan fingerprint density at radius 3 is 2.64 bits per heavy atom. The zero-order valence-electron chi connectivity index (χ0n) is 14.5. The summed E-state index contributed by atoms with van der Waals surface area (Å²) < 4.78 is 0. The van der Waals surface area contributed by atoms with E-state index in [1.165, 1.54) is 5.56 Å². The van der Waals surface area contributed by atoms with Crippen LogP contribution in [0.15, 0.2) is 82.0 Å². The summed E-state index contributed by atoms with van der Waals surface area (Å²) in [6.07, 6.45) is 3.86. The minimum atomic E-state index is 0.776. The first-order chi connectivity index (χ1) is 12.1. The number of hydrogen-bond donors (Lipinski definition) is 1. The summed E-state index contributed by atoms with van der Waals surface area (Å²) in [5.41, 5.74) is 5.30. The number of aliphatic imine (C=N–C) groups is 1. The van der Waals surface area contributed by atoms with Gasteiger partial charge in [-0.1, -0.05) is 41.9 Å². The third-order valence-corrected chi connectivity index (χ3v) is 4.49. The van der Waals surface area contributed by atoms with E-state index in [1.807, 2.05) is 54.9 Å². The van der Waals surface area contributed by atoms with Gasteiger partial charge in [-0.15, -0.1) is 0 Å². The first-order valence-electron chi connectivity index (χ1n) is 8.31. The number of nitrogens with one attached hydrogen (secondary N) is 1. The molecule has 0 unspecified atom stereocenters. The summed E-state index contributed by atoms with van der Waals surface area (Å²) in [4.78, 5) is 6.76. The SMILES string of the molecule is Cc1cccc(N/C=C2\CN(C)CC(/C=N/c3ccccc3)=C2Cl)c1. The second kappa shape index (κ2) is 8.15. The fourth-order valence-electron chi connectivity index (χ4n) is 2.76. The Kier molecular flexibility index (Phi) is 5.69. The number of para-hydroxylation sites is 1. The van der Waals surface area contributed by atoms with Crippen LogP contribution in [0.25, 0.3) is 0 Å². The van der Waals surface area contributed by atoms with Crippen molar-refractivity contribution in [1.29, 1.82) is 0 Å². The lowest BCUT2D eigenvalue weighted by Crippen LogP contribution is -2.29. The van der Waals surface area contributed by atoms with Crippen LogP contribution < -0.4 is 5.32 Å². The molecule has 128 valence electrons. The van der Waals surface area contributed by atoms with Gasteiger partial charge in [0.1, 0.15) is 0 Å². The molecule has 3 nitrogen and oxygen atoms in total. The van der Waals surface area contributed by atoms with Crippen LogP contribution >= 0.6 is 11.6 Å². The Balaban J connectivity index is 1.81. The highest BCUT2D eigenvalue weighted by molar-refractivity contribution is 6.34. The van der Waals surface area contributed by atoms with Crippen molar-refractivity contribution in [3.8, 4) is 0 Å². The van der Waals surface area contributed by atoms with Crippen molar-refractivity contribution in [2.75, 3.05) is 25.5 Å². The molecular formula is C21H22ClN3. The lowest BCUT2D eigenvalue weighted by Gasteiger charge is -2.26. The number of rotatable bonds is 4. The highest BCUT2D eigenvalue weighted by Gasteiger charge is 2.18. The van der Waals surface area contributed by atoms with Gasteiger partial charge >= 0.3 is 0 Å². The first-order valence-corrected chi connectivity index (χ1v) is 8.68. The van der Waals surface area contributed by atoms with Crippen molar-refractivity contribution in [2.45, 2.75) is 6.92 Å². The maximum absolute atomic E-state index is 6.63. The maximum atomic E-state index is 6.63. The standard InChI is InChI=1S/C21H22ClN3/c1-16-7-6-10-20(11-16)24-13-18-15-25(2)14-17(21(18)22)12-23-19-8-4-3-5-9-19/h3-13,24H,14-15H2,1-2H3/b18-13+,23-12+. The number of hydrogen-bond acceptors (Lipinski definition) is 3. The fourth-order valence-corrected chi connectivity index (χ4v) is 2.98. The Morgan fingerprint density at radius 2 is 1.88 bits per heavy atom. The number of anilines is 1. The van der Waals surface area contributed by atoms with E-state index in [0.29, 0.717) is 0 Å². The molecule has 0 spiro atoms. The van der Waals surface area contributed by atoms with Crippen LogP contribution in [0.5, 0.6) is 0 Å². The molecular weight excluding hydrogens is 330 g/mol. The molecule has 1 N–H and O–H groups in total. The van der Waals surface area contributed by atoms with E-state index >= 15 is 0 Å². The predicted octanol–water partition coefficient (Wildman–Crippen LogP) is 5.13. The normalized spacial score (nSPS) is 17.5. The minimum absolute atomic E-state index is 0.776. The van der Waals surface area contributed by atoms with Crippen molar-refractivity contribution >= 4 is 29.2 Å². The van der Waals surface area contributed by atoms with Crippen molar-refractivity contribution in [2.24, 2.45) is 4.99 Å². The van der Waals surface area contributed by atoms with Crippen molar-refractivity contribution in [3.05, 3.63) is 82.5 Å². The van der Waals surface area contributed by atoms with Gasteiger partial charge < -0.3 is 5.32 Å². The quantitative estimate of drug-likeness (QED) is 0.773. The number of likely N-dealkylation sites (N-methyl/N-ethyl adjacent to an activating group) is 1. The van der Waals surface area contributed by atoms with E-state index in [4.69, 9.17) is 11.6 Å². The molecule has 0 saturated heterocycles. The number of aryl methyl sites for hydroxylation is 1. The minimum Gasteiger partial charge on any atom is -0.361 e. The molecule has 1 aliphatic heterocycles. The Hall–Kier alpha value is -2.36. The van der Waals surface area contributed by atoms with Crippen LogP contribution in [0.1, 0.15) is 5.56 Å². The molecule has 1 heterocycles. The molecule has 1 aliphatic rings. The molecule has 0 atom stereocenters. The van der Waals surface area contributed by atoms with E-state index in [0.717, 1.165) is 40.6 Å². The average Bonchev–Trinajstić information content (AvgIpc) is 2.62. The zero-order chi connectivity index (χ0) is 17.6. The number of halogens is 1. The second-order valence-corrected chi connectivity index (χ2v) is 6.67.